The predicted molar refractivity (Wildman–Crippen MR) is 134 cm³/mol. The van der Waals surface area contributed by atoms with Crippen LogP contribution in [0.15, 0.2) is 12.2 Å². The van der Waals surface area contributed by atoms with Crippen molar-refractivity contribution >= 4 is 0 Å². The minimum Gasteiger partial charge on any atom is -0.124 e. The quantitative estimate of drug-likeness (QED) is 0.197. The number of unbranched alkanes of at least 4 members (excludes halogenated alkanes) is 3. The molecular weight excluding hydrogens is 336 g/mol. The van der Waals surface area contributed by atoms with Crippen molar-refractivity contribution in [3.63, 3.8) is 0 Å². The van der Waals surface area contributed by atoms with Crippen molar-refractivity contribution in [2.24, 2.45) is 23.7 Å². The van der Waals surface area contributed by atoms with Gasteiger partial charge in [-0.1, -0.05) is 125 Å². The van der Waals surface area contributed by atoms with E-state index in [1.807, 2.05) is 0 Å². The molecule has 0 spiro atoms. The average Bonchev–Trinajstić information content (AvgIpc) is 2.71. The van der Waals surface area contributed by atoms with E-state index in [4.69, 9.17) is 0 Å². The molecule has 0 heterocycles. The molecule has 0 aliphatic heterocycles. The lowest BCUT2D eigenvalue weighted by molar-refractivity contribution is 0.225. The van der Waals surface area contributed by atoms with E-state index in [1.165, 1.54) is 77.0 Å². The molecule has 0 fully saturated rings. The average molecular weight is 393 g/mol. The summed E-state index contributed by atoms with van der Waals surface area (Å²) >= 11 is 0. The summed E-state index contributed by atoms with van der Waals surface area (Å²) in [5.41, 5.74) is 0. The van der Waals surface area contributed by atoms with Gasteiger partial charge in [0.15, 0.2) is 0 Å². The van der Waals surface area contributed by atoms with Crippen molar-refractivity contribution in [1.82, 2.24) is 0 Å². The molecule has 1 aliphatic rings. The standard InChI is InChI=1S/C14H26.C9H20.C3H8.C2H2/c1-4-6-10-13-11-7-9-12(3)14(13)8-5-2;1-4-6-7-8-9(3)5-2;1-3-2;1-2/h7,9,12-14H,4-6,8,10-11H2,1-3H3;9H,4-8H2,1-3H3;3H2,1-2H3;1-2H. The van der Waals surface area contributed by atoms with E-state index in [0.29, 0.717) is 0 Å². The van der Waals surface area contributed by atoms with Gasteiger partial charge in [0, 0.05) is 0 Å². The fourth-order valence-electron chi connectivity index (χ4n) is 3.79. The van der Waals surface area contributed by atoms with Gasteiger partial charge in [0.1, 0.15) is 0 Å². The van der Waals surface area contributed by atoms with Crippen LogP contribution in [0.5, 0.6) is 0 Å². The van der Waals surface area contributed by atoms with Gasteiger partial charge in [-0.15, -0.1) is 12.8 Å². The molecule has 4 unspecified atom stereocenters. The number of terminal acetylenes is 1. The van der Waals surface area contributed by atoms with Crippen LogP contribution in [-0.2, 0) is 0 Å². The Labute approximate surface area is 181 Å². The highest BCUT2D eigenvalue weighted by molar-refractivity contribution is 4.98. The molecule has 0 aromatic heterocycles. The third-order valence-electron chi connectivity index (χ3n) is 5.71. The number of hydrogen-bond acceptors (Lipinski definition) is 0. The van der Waals surface area contributed by atoms with Crippen molar-refractivity contribution in [1.29, 1.82) is 0 Å². The van der Waals surface area contributed by atoms with E-state index in [0.717, 1.165) is 23.7 Å². The second kappa shape index (κ2) is 26.3. The van der Waals surface area contributed by atoms with Gasteiger partial charge >= 0.3 is 0 Å². The Hall–Kier alpha value is -0.700. The monoisotopic (exact) mass is 392 g/mol. The van der Waals surface area contributed by atoms with Crippen molar-refractivity contribution in [3.8, 4) is 12.8 Å². The topological polar surface area (TPSA) is 0 Å². The molecule has 0 saturated heterocycles. The largest absolute Gasteiger partial charge is 0.124 e. The van der Waals surface area contributed by atoms with Gasteiger partial charge in [0.2, 0.25) is 0 Å². The molecular formula is C28H56. The Morgan fingerprint density at radius 3 is 1.89 bits per heavy atom. The second-order valence-electron chi connectivity index (χ2n) is 8.59. The summed E-state index contributed by atoms with van der Waals surface area (Å²) in [6.45, 7) is 18.1. The van der Waals surface area contributed by atoms with Gasteiger partial charge in [-0.25, -0.2) is 0 Å². The van der Waals surface area contributed by atoms with Crippen LogP contribution in [0.4, 0.5) is 0 Å². The molecule has 0 amide bonds. The summed E-state index contributed by atoms with van der Waals surface area (Å²) in [7, 11) is 0. The van der Waals surface area contributed by atoms with Gasteiger partial charge in [-0.3, -0.25) is 0 Å². The third kappa shape index (κ3) is 20.0. The van der Waals surface area contributed by atoms with Crippen molar-refractivity contribution in [3.05, 3.63) is 12.2 Å². The van der Waals surface area contributed by atoms with E-state index >= 15 is 0 Å². The highest BCUT2D eigenvalue weighted by atomic mass is 14.3. The van der Waals surface area contributed by atoms with Crippen LogP contribution in [0, 0.1) is 36.5 Å². The Bertz CT molecular complexity index is 311. The first-order valence-corrected chi connectivity index (χ1v) is 12.5. The third-order valence-corrected chi connectivity index (χ3v) is 5.71. The van der Waals surface area contributed by atoms with Gasteiger partial charge in [-0.2, -0.15) is 0 Å². The summed E-state index contributed by atoms with van der Waals surface area (Å²) in [6.07, 6.45) is 29.5. The molecule has 0 aromatic carbocycles. The van der Waals surface area contributed by atoms with E-state index in [9.17, 15) is 0 Å². The summed E-state index contributed by atoms with van der Waals surface area (Å²) < 4.78 is 0. The second-order valence-corrected chi connectivity index (χ2v) is 8.59. The maximum Gasteiger partial charge on any atom is -0.0231 e. The number of hydrogen-bond donors (Lipinski definition) is 0. The first-order chi connectivity index (χ1) is 13.5. The van der Waals surface area contributed by atoms with E-state index in [1.54, 1.807) is 0 Å². The minimum absolute atomic E-state index is 0.825. The van der Waals surface area contributed by atoms with Crippen molar-refractivity contribution < 1.29 is 0 Å². The van der Waals surface area contributed by atoms with Crippen molar-refractivity contribution in [2.45, 2.75) is 132 Å². The van der Waals surface area contributed by atoms with Crippen LogP contribution >= 0.6 is 0 Å². The Morgan fingerprint density at radius 1 is 0.857 bits per heavy atom. The number of rotatable bonds is 10. The zero-order valence-corrected chi connectivity index (χ0v) is 21.1. The van der Waals surface area contributed by atoms with Crippen LogP contribution < -0.4 is 0 Å². The van der Waals surface area contributed by atoms with E-state index in [2.05, 4.69) is 80.4 Å². The highest BCUT2D eigenvalue weighted by Gasteiger charge is 2.26. The molecule has 0 N–H and O–H groups in total. The lowest BCUT2D eigenvalue weighted by Gasteiger charge is -2.33. The molecule has 0 aromatic rings. The molecule has 28 heavy (non-hydrogen) atoms. The van der Waals surface area contributed by atoms with Gasteiger partial charge in [-0.05, 0) is 42.9 Å². The Morgan fingerprint density at radius 2 is 1.43 bits per heavy atom. The highest BCUT2D eigenvalue weighted by Crippen LogP contribution is 2.36. The molecule has 4 atom stereocenters. The molecule has 0 heteroatoms. The van der Waals surface area contributed by atoms with Gasteiger partial charge < -0.3 is 0 Å². The zero-order chi connectivity index (χ0) is 22.2. The van der Waals surface area contributed by atoms with Crippen LogP contribution in [0.25, 0.3) is 0 Å². The molecule has 168 valence electrons. The fraction of sp³-hybridized carbons (Fsp3) is 0.857. The van der Waals surface area contributed by atoms with E-state index in [-0.39, 0.29) is 0 Å². The maximum atomic E-state index is 4.00. The SMILES string of the molecule is C#C.CCC.CCCCC1CC=CC(C)C1CCC.CCCCCC(C)CC. The lowest BCUT2D eigenvalue weighted by Crippen LogP contribution is -2.23. The molecule has 1 rings (SSSR count). The Kier molecular flexibility index (Phi) is 30.0. The molecule has 1 aliphatic carbocycles. The van der Waals surface area contributed by atoms with E-state index < -0.39 is 0 Å². The molecule has 0 bridgehead atoms. The summed E-state index contributed by atoms with van der Waals surface area (Å²) in [6, 6.07) is 0. The number of allylic oxidation sites excluding steroid dienone is 2. The lowest BCUT2D eigenvalue weighted by atomic mass is 9.72. The van der Waals surface area contributed by atoms with Crippen LogP contribution in [0.1, 0.15) is 132 Å². The summed E-state index contributed by atoms with van der Waals surface area (Å²) in [4.78, 5) is 0. The molecule has 0 radical (unpaired) electrons. The normalized spacial score (nSPS) is 21.1. The van der Waals surface area contributed by atoms with Crippen LogP contribution in [0.3, 0.4) is 0 Å². The maximum absolute atomic E-state index is 4.00. The molecule has 0 saturated carbocycles. The first kappa shape index (κ1) is 32.0. The van der Waals surface area contributed by atoms with Crippen LogP contribution in [-0.4, -0.2) is 0 Å². The minimum atomic E-state index is 0.825. The van der Waals surface area contributed by atoms with Crippen LogP contribution in [0.2, 0.25) is 0 Å². The first-order valence-electron chi connectivity index (χ1n) is 12.5. The predicted octanol–water partition coefficient (Wildman–Crippen LogP) is 10.1. The smallest absolute Gasteiger partial charge is 0.0231 e. The summed E-state index contributed by atoms with van der Waals surface area (Å²) in [5, 5.41) is 0. The van der Waals surface area contributed by atoms with Gasteiger partial charge in [0.05, 0.1) is 0 Å². The zero-order valence-electron chi connectivity index (χ0n) is 21.1. The fourth-order valence-corrected chi connectivity index (χ4v) is 3.79. The van der Waals surface area contributed by atoms with Gasteiger partial charge in [0.25, 0.3) is 0 Å². The molecule has 0 nitrogen and oxygen atoms in total. The Balaban J connectivity index is -0.000000385. The van der Waals surface area contributed by atoms with Crippen molar-refractivity contribution in [2.75, 3.05) is 0 Å². The summed E-state index contributed by atoms with van der Waals surface area (Å²) in [5.74, 6) is 3.73.